The third-order valence-electron chi connectivity index (χ3n) is 4.22. The van der Waals surface area contributed by atoms with Gasteiger partial charge in [0.15, 0.2) is 0 Å². The Morgan fingerprint density at radius 1 is 1.21 bits per heavy atom. The molecule has 8 heteroatoms. The Kier molecular flexibility index (Phi) is 5.05. The average molecular weight is 344 g/mol. The monoisotopic (exact) mass is 344 g/mol. The van der Waals surface area contributed by atoms with Gasteiger partial charge in [0.05, 0.1) is 12.7 Å². The third-order valence-corrected chi connectivity index (χ3v) is 4.22. The van der Waals surface area contributed by atoms with Crippen LogP contribution < -0.4 is 10.6 Å². The summed E-state index contributed by atoms with van der Waals surface area (Å²) < 4.78 is 43.5. The molecule has 0 spiro atoms. The van der Waals surface area contributed by atoms with Crippen LogP contribution in [-0.4, -0.2) is 24.6 Å². The zero-order valence-electron chi connectivity index (χ0n) is 13.4. The number of carbonyl (C=O) groups excluding carboxylic acids is 2. The number of alkyl halides is 3. The second kappa shape index (κ2) is 6.70. The van der Waals surface area contributed by atoms with Crippen molar-refractivity contribution in [1.82, 2.24) is 5.32 Å². The molecule has 0 unspecified atom stereocenters. The Bertz CT molecular complexity index is 638. The van der Waals surface area contributed by atoms with E-state index in [0.29, 0.717) is 12.8 Å². The van der Waals surface area contributed by atoms with Crippen molar-refractivity contribution in [3.05, 3.63) is 29.3 Å². The van der Waals surface area contributed by atoms with Crippen LogP contribution in [0.25, 0.3) is 0 Å². The molecule has 1 aromatic carbocycles. The van der Waals surface area contributed by atoms with Gasteiger partial charge in [0.25, 0.3) is 0 Å². The van der Waals surface area contributed by atoms with E-state index in [4.69, 9.17) is 0 Å². The quantitative estimate of drug-likeness (QED) is 0.880. The molecule has 5 nitrogen and oxygen atoms in total. The summed E-state index contributed by atoms with van der Waals surface area (Å²) in [5, 5.41) is 5.01. The van der Waals surface area contributed by atoms with Gasteiger partial charge in [-0.25, -0.2) is 4.79 Å². The van der Waals surface area contributed by atoms with Gasteiger partial charge in [-0.2, -0.15) is 13.2 Å². The lowest BCUT2D eigenvalue weighted by atomic mass is 9.96. The molecule has 2 rings (SSSR count). The molecule has 0 radical (unpaired) electrons. The lowest BCUT2D eigenvalue weighted by Gasteiger charge is -2.28. The van der Waals surface area contributed by atoms with Crippen LogP contribution in [0.5, 0.6) is 0 Å². The highest BCUT2D eigenvalue weighted by Gasteiger charge is 2.43. The van der Waals surface area contributed by atoms with Gasteiger partial charge in [-0.1, -0.05) is 18.9 Å². The Morgan fingerprint density at radius 3 is 2.38 bits per heavy atom. The number of rotatable bonds is 3. The molecule has 0 aliphatic heterocycles. The minimum Gasteiger partial charge on any atom is -0.453 e. The van der Waals surface area contributed by atoms with Gasteiger partial charge in [-0.3, -0.25) is 4.79 Å². The second-order valence-corrected chi connectivity index (χ2v) is 5.89. The Balaban J connectivity index is 2.23. The van der Waals surface area contributed by atoms with E-state index in [1.807, 2.05) is 0 Å². The zero-order valence-corrected chi connectivity index (χ0v) is 13.4. The molecule has 0 heterocycles. The van der Waals surface area contributed by atoms with E-state index in [-0.39, 0.29) is 11.3 Å². The summed E-state index contributed by atoms with van der Waals surface area (Å²) in [4.78, 5) is 24.1. The van der Waals surface area contributed by atoms with Gasteiger partial charge in [-0.05, 0) is 37.5 Å². The molecule has 24 heavy (non-hydrogen) atoms. The van der Waals surface area contributed by atoms with Gasteiger partial charge >= 0.3 is 12.3 Å². The van der Waals surface area contributed by atoms with E-state index in [0.717, 1.165) is 18.9 Å². The maximum Gasteiger partial charge on any atom is 0.416 e. The van der Waals surface area contributed by atoms with E-state index >= 15 is 0 Å². The molecule has 0 atom stereocenters. The standard InChI is InChI=1S/C16H19F3N2O3/c1-10-5-6-11(9-12(10)16(17,18)19)20-13(22)15(7-3-4-8-15)21-14(23)24-2/h5-6,9H,3-4,7-8H2,1-2H3,(H,20,22)(H,21,23). The van der Waals surface area contributed by atoms with Crippen LogP contribution in [0.3, 0.4) is 0 Å². The van der Waals surface area contributed by atoms with E-state index in [1.165, 1.54) is 26.2 Å². The summed E-state index contributed by atoms with van der Waals surface area (Å²) in [5.74, 6) is -0.539. The van der Waals surface area contributed by atoms with E-state index in [1.54, 1.807) is 0 Å². The number of nitrogens with one attached hydrogen (secondary N) is 2. The fourth-order valence-electron chi connectivity index (χ4n) is 2.89. The second-order valence-electron chi connectivity index (χ2n) is 5.89. The van der Waals surface area contributed by atoms with Crippen LogP contribution in [0.15, 0.2) is 18.2 Å². The number of methoxy groups -OCH3 is 1. The maximum atomic E-state index is 13.0. The Labute approximate surface area is 137 Å². The van der Waals surface area contributed by atoms with Crippen molar-refractivity contribution in [2.24, 2.45) is 0 Å². The summed E-state index contributed by atoms with van der Waals surface area (Å²) in [7, 11) is 1.19. The summed E-state index contributed by atoms with van der Waals surface area (Å²) in [6.45, 7) is 1.35. The highest BCUT2D eigenvalue weighted by atomic mass is 19.4. The number of amides is 2. The molecule has 1 saturated carbocycles. The molecule has 1 aromatic rings. The number of hydrogen-bond acceptors (Lipinski definition) is 3. The van der Waals surface area contributed by atoms with Crippen LogP contribution in [-0.2, 0) is 15.7 Å². The number of ether oxygens (including phenoxy) is 1. The first-order valence-electron chi connectivity index (χ1n) is 7.53. The average Bonchev–Trinajstić information content (AvgIpc) is 2.97. The number of benzene rings is 1. The highest BCUT2D eigenvalue weighted by Crippen LogP contribution is 2.35. The fraction of sp³-hybridized carbons (Fsp3) is 0.500. The number of hydrogen-bond donors (Lipinski definition) is 2. The van der Waals surface area contributed by atoms with Crippen molar-refractivity contribution in [3.8, 4) is 0 Å². The molecular formula is C16H19F3N2O3. The summed E-state index contributed by atoms with van der Waals surface area (Å²) >= 11 is 0. The largest absolute Gasteiger partial charge is 0.453 e. The summed E-state index contributed by atoms with van der Waals surface area (Å²) in [6, 6.07) is 3.60. The third kappa shape index (κ3) is 3.80. The Morgan fingerprint density at radius 2 is 1.83 bits per heavy atom. The summed E-state index contributed by atoms with van der Waals surface area (Å²) in [6.07, 6.45) is -2.96. The van der Waals surface area contributed by atoms with Crippen LogP contribution >= 0.6 is 0 Å². The molecule has 1 fully saturated rings. The molecule has 1 aliphatic carbocycles. The number of carbonyl (C=O) groups is 2. The van der Waals surface area contributed by atoms with Crippen LogP contribution in [0, 0.1) is 6.92 Å². The van der Waals surface area contributed by atoms with E-state index in [2.05, 4.69) is 15.4 Å². The smallest absolute Gasteiger partial charge is 0.416 e. The lowest BCUT2D eigenvalue weighted by molar-refractivity contribution is -0.138. The number of anilines is 1. The van der Waals surface area contributed by atoms with Crippen LogP contribution in [0.2, 0.25) is 0 Å². The molecule has 2 amide bonds. The van der Waals surface area contributed by atoms with Gasteiger partial charge < -0.3 is 15.4 Å². The van der Waals surface area contributed by atoms with Crippen molar-refractivity contribution in [2.75, 3.05) is 12.4 Å². The zero-order chi connectivity index (χ0) is 18.0. The van der Waals surface area contributed by atoms with Crippen molar-refractivity contribution >= 4 is 17.7 Å². The Hall–Kier alpha value is -2.25. The van der Waals surface area contributed by atoms with E-state index in [9.17, 15) is 22.8 Å². The van der Waals surface area contributed by atoms with Gasteiger partial charge in [-0.15, -0.1) is 0 Å². The number of aryl methyl sites for hydroxylation is 1. The van der Waals surface area contributed by atoms with Crippen molar-refractivity contribution < 1.29 is 27.5 Å². The fourth-order valence-corrected chi connectivity index (χ4v) is 2.89. The first kappa shape index (κ1) is 18.1. The van der Waals surface area contributed by atoms with Gasteiger partial charge in [0.1, 0.15) is 5.54 Å². The minimum absolute atomic E-state index is 0.0378. The van der Waals surface area contributed by atoms with Gasteiger partial charge in [0, 0.05) is 5.69 Å². The molecule has 132 valence electrons. The van der Waals surface area contributed by atoms with Crippen molar-refractivity contribution in [3.63, 3.8) is 0 Å². The predicted molar refractivity (Wildman–Crippen MR) is 81.6 cm³/mol. The SMILES string of the molecule is COC(=O)NC1(C(=O)Nc2ccc(C)c(C(F)(F)F)c2)CCCC1. The molecular weight excluding hydrogens is 325 g/mol. The van der Waals surface area contributed by atoms with Crippen molar-refractivity contribution in [2.45, 2.75) is 44.3 Å². The first-order valence-corrected chi connectivity index (χ1v) is 7.53. The first-order chi connectivity index (χ1) is 11.2. The van der Waals surface area contributed by atoms with Gasteiger partial charge in [0.2, 0.25) is 5.91 Å². The minimum atomic E-state index is -4.50. The molecule has 0 bridgehead atoms. The van der Waals surface area contributed by atoms with Crippen LogP contribution in [0.1, 0.15) is 36.8 Å². The predicted octanol–water partition coefficient (Wildman–Crippen LogP) is 3.62. The number of alkyl carbamates (subject to hydrolysis) is 1. The topological polar surface area (TPSA) is 67.4 Å². The lowest BCUT2D eigenvalue weighted by Crippen LogP contribution is -2.55. The molecule has 1 aliphatic rings. The molecule has 2 N–H and O–H groups in total. The normalized spacial score (nSPS) is 16.5. The summed E-state index contributed by atoms with van der Waals surface area (Å²) in [5.41, 5.74) is -1.85. The van der Waals surface area contributed by atoms with Crippen molar-refractivity contribution in [1.29, 1.82) is 0 Å². The van der Waals surface area contributed by atoms with Crippen LogP contribution in [0.4, 0.5) is 23.7 Å². The molecule has 0 saturated heterocycles. The highest BCUT2D eigenvalue weighted by molar-refractivity contribution is 6.00. The number of halogens is 3. The maximum absolute atomic E-state index is 13.0. The molecule has 0 aromatic heterocycles. The van der Waals surface area contributed by atoms with E-state index < -0.39 is 29.3 Å².